The monoisotopic (exact) mass is 444 g/mol. The number of hydrogen-bond acceptors (Lipinski definition) is 4. The lowest BCUT2D eigenvalue weighted by molar-refractivity contribution is -0.0737. The highest BCUT2D eigenvalue weighted by Crippen LogP contribution is 2.51. The van der Waals surface area contributed by atoms with Crippen molar-refractivity contribution in [2.75, 3.05) is 0 Å². The van der Waals surface area contributed by atoms with Gasteiger partial charge < -0.3 is 10.2 Å². The summed E-state index contributed by atoms with van der Waals surface area (Å²) >= 11 is 0. The Kier molecular flexibility index (Phi) is 6.18. The molecule has 0 aliphatic heterocycles. The third-order valence-corrected chi connectivity index (χ3v) is 7.46. The minimum absolute atomic E-state index is 0.0493. The summed E-state index contributed by atoms with van der Waals surface area (Å²) in [4.78, 5) is -1.37. The van der Waals surface area contributed by atoms with Crippen LogP contribution in [-0.4, -0.2) is 42.3 Å². The number of halogens is 5. The zero-order valence-corrected chi connectivity index (χ0v) is 17.2. The van der Waals surface area contributed by atoms with Gasteiger partial charge in [-0.2, -0.15) is 13.2 Å². The summed E-state index contributed by atoms with van der Waals surface area (Å²) in [6, 6.07) is 0. The van der Waals surface area contributed by atoms with Gasteiger partial charge in [-0.05, 0) is 42.7 Å². The van der Waals surface area contributed by atoms with Crippen molar-refractivity contribution < 1.29 is 40.6 Å². The molecule has 0 heterocycles. The number of hydrogen-bond donors (Lipinski definition) is 2. The summed E-state index contributed by atoms with van der Waals surface area (Å²) in [6.07, 6.45) is -2.29. The van der Waals surface area contributed by atoms with E-state index in [0.717, 1.165) is 6.08 Å². The number of aliphatic hydroxyl groups is 2. The lowest BCUT2D eigenvalue weighted by atomic mass is 9.67. The highest BCUT2D eigenvalue weighted by molar-refractivity contribution is 7.96. The highest BCUT2D eigenvalue weighted by atomic mass is 32.2. The predicted octanol–water partition coefficient (Wildman–Crippen LogP) is 4.26. The zero-order chi connectivity index (χ0) is 22.6. The van der Waals surface area contributed by atoms with Crippen LogP contribution in [0.5, 0.6) is 0 Å². The summed E-state index contributed by atoms with van der Waals surface area (Å²) < 4.78 is 91.4. The van der Waals surface area contributed by atoms with E-state index >= 15 is 0 Å². The van der Waals surface area contributed by atoms with Crippen LogP contribution in [0.15, 0.2) is 34.3 Å². The maximum atomic E-state index is 14.3. The van der Waals surface area contributed by atoms with Crippen molar-refractivity contribution in [2.45, 2.75) is 70.1 Å². The van der Waals surface area contributed by atoms with Crippen molar-refractivity contribution in [2.24, 2.45) is 11.3 Å². The minimum atomic E-state index is -5.93. The number of sulfone groups is 1. The molecule has 2 aliphatic rings. The van der Waals surface area contributed by atoms with Gasteiger partial charge in [-0.1, -0.05) is 26.5 Å². The van der Waals surface area contributed by atoms with Crippen LogP contribution in [-0.2, 0) is 9.84 Å². The van der Waals surface area contributed by atoms with E-state index < -0.39 is 61.9 Å². The molecule has 10 heteroatoms. The molecule has 0 radical (unpaired) electrons. The second-order valence-electron chi connectivity index (χ2n) is 8.48. The molecule has 0 amide bonds. The van der Waals surface area contributed by atoms with Crippen LogP contribution >= 0.6 is 0 Å². The second kappa shape index (κ2) is 7.46. The van der Waals surface area contributed by atoms with E-state index in [1.807, 2.05) is 13.8 Å². The maximum absolute atomic E-state index is 14.3. The Morgan fingerprint density at radius 2 is 1.79 bits per heavy atom. The van der Waals surface area contributed by atoms with E-state index in [9.17, 15) is 40.6 Å². The van der Waals surface area contributed by atoms with Crippen LogP contribution in [0.4, 0.5) is 22.0 Å². The summed E-state index contributed by atoms with van der Waals surface area (Å²) in [5.41, 5.74) is -7.28. The molecule has 0 unspecified atom stereocenters. The van der Waals surface area contributed by atoms with Gasteiger partial charge in [-0.15, -0.1) is 0 Å². The number of aliphatic hydroxyl groups excluding tert-OH is 2. The Balaban J connectivity index is 2.78. The molecule has 0 aromatic carbocycles. The van der Waals surface area contributed by atoms with Crippen LogP contribution in [0.25, 0.3) is 0 Å². The lowest BCUT2D eigenvalue weighted by Gasteiger charge is -2.40. The molecule has 2 fully saturated rings. The number of allylic oxidation sites excluding steroid dienone is 2. The van der Waals surface area contributed by atoms with E-state index in [1.54, 1.807) is 0 Å². The molecule has 0 aromatic rings. The third-order valence-electron chi connectivity index (χ3n) is 5.82. The van der Waals surface area contributed by atoms with Crippen molar-refractivity contribution in [3.63, 3.8) is 0 Å². The van der Waals surface area contributed by atoms with Gasteiger partial charge in [0.05, 0.1) is 11.0 Å². The van der Waals surface area contributed by atoms with E-state index in [4.69, 9.17) is 0 Å². The average molecular weight is 444 g/mol. The van der Waals surface area contributed by atoms with Crippen molar-refractivity contribution in [3.8, 4) is 0 Å². The van der Waals surface area contributed by atoms with E-state index in [-0.39, 0.29) is 11.0 Å². The maximum Gasteiger partial charge on any atom is 0.501 e. The molecule has 0 spiro atoms. The smallest absolute Gasteiger partial charge is 0.392 e. The van der Waals surface area contributed by atoms with Gasteiger partial charge in [0, 0.05) is 17.9 Å². The molecule has 4 nitrogen and oxygen atoms in total. The highest BCUT2D eigenvalue weighted by Gasteiger charge is 2.55. The Morgan fingerprint density at radius 1 is 1.24 bits per heavy atom. The van der Waals surface area contributed by atoms with Crippen molar-refractivity contribution in [1.29, 1.82) is 0 Å². The largest absolute Gasteiger partial charge is 0.501 e. The van der Waals surface area contributed by atoms with Crippen LogP contribution in [0, 0.1) is 11.3 Å². The first-order valence-electron chi connectivity index (χ1n) is 9.08. The molecule has 0 aromatic heterocycles. The van der Waals surface area contributed by atoms with Crippen molar-refractivity contribution in [3.05, 3.63) is 34.3 Å². The van der Waals surface area contributed by atoms with Gasteiger partial charge in [0.1, 0.15) is 6.10 Å². The molecule has 166 valence electrons. The molecule has 0 saturated heterocycles. The molecule has 2 N–H and O–H groups in total. The van der Waals surface area contributed by atoms with Gasteiger partial charge in [-0.25, -0.2) is 17.2 Å². The van der Waals surface area contributed by atoms with Crippen molar-refractivity contribution >= 4 is 9.84 Å². The summed E-state index contributed by atoms with van der Waals surface area (Å²) in [5.74, 6) is -4.57. The van der Waals surface area contributed by atoms with Crippen molar-refractivity contribution in [1.82, 2.24) is 0 Å². The van der Waals surface area contributed by atoms with Gasteiger partial charge in [0.15, 0.2) is 0 Å². The normalized spacial score (nSPS) is 33.4. The molecule has 3 atom stereocenters. The van der Waals surface area contributed by atoms with E-state index in [2.05, 4.69) is 6.58 Å². The SMILES string of the molecule is C=C/C(=C1/CC(F)(F)[C@@H](O)/C1=C(/C)S(=O)(=O)C(F)(F)F)[C@@H]1CC(C)(C)CC[C@@H]1O. The third kappa shape index (κ3) is 4.29. The fraction of sp³-hybridized carbons (Fsp3) is 0.684. The van der Waals surface area contributed by atoms with Crippen LogP contribution in [0.3, 0.4) is 0 Å². The van der Waals surface area contributed by atoms with E-state index in [0.29, 0.717) is 26.2 Å². The van der Waals surface area contributed by atoms with E-state index in [1.165, 1.54) is 0 Å². The van der Waals surface area contributed by atoms with Crippen LogP contribution < -0.4 is 0 Å². The standard InChI is InChI=1S/C19H25F5O4S/c1-5-11(12-8-17(3,4)7-6-14(12)25)13-9-18(20,21)16(26)15(13)10(2)29(27,28)19(22,23)24/h5,12,14,16,25-26H,1,6-9H2,2-4H3/b13-11+,15-10-/t12-,14-,16-/m0/s1. The number of alkyl halides is 5. The summed E-state index contributed by atoms with van der Waals surface area (Å²) in [6.45, 7) is 7.93. The van der Waals surface area contributed by atoms with Gasteiger partial charge >= 0.3 is 5.51 Å². The topological polar surface area (TPSA) is 74.6 Å². The molecule has 2 rings (SSSR count). The quantitative estimate of drug-likeness (QED) is 0.638. The fourth-order valence-electron chi connectivity index (χ4n) is 4.17. The Labute approximate surface area is 166 Å². The van der Waals surface area contributed by atoms with Crippen LogP contribution in [0.2, 0.25) is 0 Å². The first kappa shape index (κ1) is 24.0. The Bertz CT molecular complexity index is 852. The van der Waals surface area contributed by atoms with Gasteiger partial charge in [0.2, 0.25) is 0 Å². The first-order valence-corrected chi connectivity index (χ1v) is 10.6. The molecule has 0 bridgehead atoms. The van der Waals surface area contributed by atoms with Gasteiger partial charge in [0.25, 0.3) is 15.8 Å². The second-order valence-corrected chi connectivity index (χ2v) is 10.6. The Hall–Kier alpha value is -1.26. The van der Waals surface area contributed by atoms with Crippen LogP contribution in [0.1, 0.15) is 46.5 Å². The average Bonchev–Trinajstić information content (AvgIpc) is 2.79. The Morgan fingerprint density at radius 3 is 2.28 bits per heavy atom. The summed E-state index contributed by atoms with van der Waals surface area (Å²) in [7, 11) is -5.93. The molecule has 2 saturated carbocycles. The molecule has 29 heavy (non-hydrogen) atoms. The molecule has 2 aliphatic carbocycles. The van der Waals surface area contributed by atoms with Gasteiger partial charge in [-0.3, -0.25) is 0 Å². The predicted molar refractivity (Wildman–Crippen MR) is 97.6 cm³/mol. The lowest BCUT2D eigenvalue weighted by Crippen LogP contribution is -2.34. The zero-order valence-electron chi connectivity index (χ0n) is 16.4. The number of rotatable bonds is 3. The molecular formula is C19H25F5O4S. The first-order chi connectivity index (χ1) is 13.0. The minimum Gasteiger partial charge on any atom is -0.392 e. The summed E-state index contributed by atoms with van der Waals surface area (Å²) in [5, 5.41) is 20.5. The molecular weight excluding hydrogens is 419 g/mol. The fourth-order valence-corrected chi connectivity index (χ4v) is 5.05.